The van der Waals surface area contributed by atoms with Gasteiger partial charge in [-0.2, -0.15) is 0 Å². The summed E-state index contributed by atoms with van der Waals surface area (Å²) in [6, 6.07) is 8.60. The standard InChI is InChI=1S/C19H26ClN3O2.ClH/c20-15-3-1-2-14(12-15)18-13-21-7-9-23(18)17-4-8-22(19(17)24)16-5-10-25-11-6-16;/h1-3,12,16-18,21H,4-11,13H2;1H. The van der Waals surface area contributed by atoms with Crippen molar-refractivity contribution in [2.45, 2.75) is 37.4 Å². The van der Waals surface area contributed by atoms with Crippen molar-refractivity contribution >= 4 is 29.9 Å². The summed E-state index contributed by atoms with van der Waals surface area (Å²) in [5, 5.41) is 4.22. The van der Waals surface area contributed by atoms with Gasteiger partial charge in [0.15, 0.2) is 0 Å². The molecule has 0 spiro atoms. The summed E-state index contributed by atoms with van der Waals surface area (Å²) in [5.41, 5.74) is 1.19. The van der Waals surface area contributed by atoms with Gasteiger partial charge in [-0.1, -0.05) is 23.7 Å². The van der Waals surface area contributed by atoms with Crippen LogP contribution in [0.15, 0.2) is 24.3 Å². The molecule has 0 radical (unpaired) electrons. The van der Waals surface area contributed by atoms with Crippen LogP contribution in [-0.2, 0) is 9.53 Å². The minimum Gasteiger partial charge on any atom is -0.381 e. The lowest BCUT2D eigenvalue weighted by atomic mass is 10.0. The molecule has 0 bridgehead atoms. The summed E-state index contributed by atoms with van der Waals surface area (Å²) in [7, 11) is 0. The van der Waals surface area contributed by atoms with Crippen molar-refractivity contribution in [1.82, 2.24) is 15.1 Å². The van der Waals surface area contributed by atoms with Crippen LogP contribution in [0.1, 0.15) is 30.9 Å². The van der Waals surface area contributed by atoms with E-state index in [1.807, 2.05) is 18.2 Å². The van der Waals surface area contributed by atoms with Gasteiger partial charge in [-0.15, -0.1) is 12.4 Å². The molecular weight excluding hydrogens is 373 g/mol. The summed E-state index contributed by atoms with van der Waals surface area (Å²) in [6.45, 7) is 5.12. The number of halogens is 2. The molecule has 3 aliphatic rings. The molecule has 1 N–H and O–H groups in total. The first kappa shape index (κ1) is 19.9. The maximum absolute atomic E-state index is 13.1. The second-order valence-corrected chi connectivity index (χ2v) is 7.63. The molecule has 26 heavy (non-hydrogen) atoms. The van der Waals surface area contributed by atoms with Crippen LogP contribution in [0.2, 0.25) is 5.02 Å². The second-order valence-electron chi connectivity index (χ2n) is 7.19. The third-order valence-corrected chi connectivity index (χ3v) is 6.00. The van der Waals surface area contributed by atoms with Crippen molar-refractivity contribution in [2.24, 2.45) is 0 Å². The Hall–Kier alpha value is -0.850. The van der Waals surface area contributed by atoms with Crippen molar-refractivity contribution in [2.75, 3.05) is 39.4 Å². The summed E-state index contributed by atoms with van der Waals surface area (Å²) in [6.07, 6.45) is 2.86. The van der Waals surface area contributed by atoms with E-state index in [0.29, 0.717) is 11.9 Å². The Kier molecular flexibility index (Phi) is 6.81. The Labute approximate surface area is 166 Å². The number of benzene rings is 1. The molecule has 0 aliphatic carbocycles. The highest BCUT2D eigenvalue weighted by Gasteiger charge is 2.42. The highest BCUT2D eigenvalue weighted by atomic mass is 35.5. The van der Waals surface area contributed by atoms with Crippen LogP contribution in [-0.4, -0.2) is 67.2 Å². The van der Waals surface area contributed by atoms with Crippen LogP contribution in [0.3, 0.4) is 0 Å². The van der Waals surface area contributed by atoms with Crippen molar-refractivity contribution in [1.29, 1.82) is 0 Å². The average molecular weight is 400 g/mol. The van der Waals surface area contributed by atoms with Crippen LogP contribution >= 0.6 is 24.0 Å². The number of carbonyl (C=O) groups is 1. The topological polar surface area (TPSA) is 44.8 Å². The first-order valence-corrected chi connectivity index (χ1v) is 9.72. The van der Waals surface area contributed by atoms with E-state index in [1.165, 1.54) is 5.56 Å². The molecule has 3 heterocycles. The molecular formula is C19H27Cl2N3O2. The molecule has 4 rings (SSSR count). The van der Waals surface area contributed by atoms with Crippen LogP contribution in [0.25, 0.3) is 0 Å². The number of hydrogen-bond donors (Lipinski definition) is 1. The van der Waals surface area contributed by atoms with Gasteiger partial charge in [0.05, 0.1) is 6.04 Å². The molecule has 2 unspecified atom stereocenters. The summed E-state index contributed by atoms with van der Waals surface area (Å²) in [4.78, 5) is 17.7. The molecule has 1 aromatic rings. The van der Waals surface area contributed by atoms with Gasteiger partial charge in [0.25, 0.3) is 0 Å². The fraction of sp³-hybridized carbons (Fsp3) is 0.632. The molecule has 3 fully saturated rings. The normalized spacial score (nSPS) is 28.2. The molecule has 0 saturated carbocycles. The lowest BCUT2D eigenvalue weighted by molar-refractivity contribution is -0.136. The van der Waals surface area contributed by atoms with Gasteiger partial charge in [-0.25, -0.2) is 0 Å². The van der Waals surface area contributed by atoms with Crippen molar-refractivity contribution in [3.63, 3.8) is 0 Å². The average Bonchev–Trinajstić information content (AvgIpc) is 3.04. The first-order valence-electron chi connectivity index (χ1n) is 9.34. The lowest BCUT2D eigenvalue weighted by Crippen LogP contribution is -2.53. The van der Waals surface area contributed by atoms with Crippen molar-refractivity contribution in [3.8, 4) is 0 Å². The van der Waals surface area contributed by atoms with Gasteiger partial charge in [-0.05, 0) is 37.0 Å². The maximum atomic E-state index is 13.1. The van der Waals surface area contributed by atoms with E-state index in [9.17, 15) is 4.79 Å². The molecule has 3 aliphatic heterocycles. The molecule has 0 aromatic heterocycles. The summed E-state index contributed by atoms with van der Waals surface area (Å²) >= 11 is 6.20. The number of rotatable bonds is 3. The number of ether oxygens (including phenoxy) is 1. The third-order valence-electron chi connectivity index (χ3n) is 5.76. The molecule has 1 amide bonds. The van der Waals surface area contributed by atoms with E-state index < -0.39 is 0 Å². The molecule has 2 atom stereocenters. The van der Waals surface area contributed by atoms with E-state index in [2.05, 4.69) is 21.2 Å². The molecule has 1 aromatic carbocycles. The van der Waals surface area contributed by atoms with Gasteiger partial charge in [0, 0.05) is 56.5 Å². The zero-order chi connectivity index (χ0) is 17.2. The minimum atomic E-state index is -0.00562. The smallest absolute Gasteiger partial charge is 0.240 e. The van der Waals surface area contributed by atoms with Crippen LogP contribution in [0.5, 0.6) is 0 Å². The number of amides is 1. The van der Waals surface area contributed by atoms with Gasteiger partial charge >= 0.3 is 0 Å². The van der Waals surface area contributed by atoms with Crippen LogP contribution in [0.4, 0.5) is 0 Å². The predicted molar refractivity (Wildman–Crippen MR) is 105 cm³/mol. The van der Waals surface area contributed by atoms with Gasteiger partial charge in [0.2, 0.25) is 5.91 Å². The van der Waals surface area contributed by atoms with Crippen molar-refractivity contribution in [3.05, 3.63) is 34.9 Å². The van der Waals surface area contributed by atoms with Gasteiger partial charge < -0.3 is 15.0 Å². The van der Waals surface area contributed by atoms with Crippen LogP contribution in [0, 0.1) is 0 Å². The SMILES string of the molecule is Cl.O=C1C(N2CCNCC2c2cccc(Cl)c2)CCN1C1CCOCC1. The van der Waals surface area contributed by atoms with Crippen LogP contribution < -0.4 is 5.32 Å². The molecule has 7 heteroatoms. The molecule has 3 saturated heterocycles. The monoisotopic (exact) mass is 399 g/mol. The molecule has 5 nitrogen and oxygen atoms in total. The highest BCUT2D eigenvalue weighted by Crippen LogP contribution is 2.31. The Morgan fingerprint density at radius 1 is 1.12 bits per heavy atom. The maximum Gasteiger partial charge on any atom is 0.240 e. The Balaban J connectivity index is 0.00000196. The quantitative estimate of drug-likeness (QED) is 0.847. The fourth-order valence-electron chi connectivity index (χ4n) is 4.47. The Morgan fingerprint density at radius 2 is 1.92 bits per heavy atom. The predicted octanol–water partition coefficient (Wildman–Crippen LogP) is 2.49. The van der Waals surface area contributed by atoms with E-state index in [4.69, 9.17) is 16.3 Å². The van der Waals surface area contributed by atoms with E-state index in [1.54, 1.807) is 0 Å². The zero-order valence-electron chi connectivity index (χ0n) is 14.9. The summed E-state index contributed by atoms with van der Waals surface area (Å²) in [5.74, 6) is 0.306. The highest BCUT2D eigenvalue weighted by molar-refractivity contribution is 6.30. The zero-order valence-corrected chi connectivity index (χ0v) is 16.5. The Morgan fingerprint density at radius 3 is 2.69 bits per heavy atom. The second kappa shape index (κ2) is 8.89. The minimum absolute atomic E-state index is 0. The number of nitrogens with one attached hydrogen (secondary N) is 1. The van der Waals surface area contributed by atoms with E-state index in [0.717, 1.165) is 63.7 Å². The number of nitrogens with zero attached hydrogens (tertiary/aromatic N) is 2. The number of carbonyl (C=O) groups excluding carboxylic acids is 1. The third kappa shape index (κ3) is 4.02. The number of piperazine rings is 1. The number of likely N-dealkylation sites (tertiary alicyclic amines) is 1. The lowest BCUT2D eigenvalue weighted by Gasteiger charge is -2.40. The van der Waals surface area contributed by atoms with E-state index >= 15 is 0 Å². The van der Waals surface area contributed by atoms with Crippen molar-refractivity contribution < 1.29 is 9.53 Å². The summed E-state index contributed by atoms with van der Waals surface area (Å²) < 4.78 is 5.45. The van der Waals surface area contributed by atoms with E-state index in [-0.39, 0.29) is 24.5 Å². The van der Waals surface area contributed by atoms with Gasteiger partial charge in [0.1, 0.15) is 0 Å². The largest absolute Gasteiger partial charge is 0.381 e. The fourth-order valence-corrected chi connectivity index (χ4v) is 4.67. The number of hydrogen-bond acceptors (Lipinski definition) is 4. The van der Waals surface area contributed by atoms with Gasteiger partial charge in [-0.3, -0.25) is 9.69 Å². The Bertz CT molecular complexity index is 625. The molecule has 144 valence electrons. The first-order chi connectivity index (χ1) is 12.2.